The van der Waals surface area contributed by atoms with E-state index >= 15 is 0 Å². The lowest BCUT2D eigenvalue weighted by molar-refractivity contribution is -0.237. The maximum atomic E-state index is 5.72. The molecule has 4 atom stereocenters. The molecule has 4 nitrogen and oxygen atoms in total. The van der Waals surface area contributed by atoms with Crippen molar-refractivity contribution in [1.29, 1.82) is 0 Å². The molecule has 2 fully saturated rings. The van der Waals surface area contributed by atoms with Gasteiger partial charge in [0.1, 0.15) is 6.10 Å². The van der Waals surface area contributed by atoms with E-state index < -0.39 is 0 Å². The van der Waals surface area contributed by atoms with Crippen LogP contribution in [0.25, 0.3) is 0 Å². The predicted molar refractivity (Wildman–Crippen MR) is 51.9 cm³/mol. The maximum absolute atomic E-state index is 5.72. The van der Waals surface area contributed by atoms with Crippen molar-refractivity contribution in [3.63, 3.8) is 0 Å². The van der Waals surface area contributed by atoms with Gasteiger partial charge in [0, 0.05) is 12.6 Å². The van der Waals surface area contributed by atoms with Gasteiger partial charge in [0.25, 0.3) is 0 Å². The van der Waals surface area contributed by atoms with Crippen LogP contribution in [-0.4, -0.2) is 49.8 Å². The summed E-state index contributed by atoms with van der Waals surface area (Å²) in [5.41, 5.74) is 0. The SMILES string of the molecule is CCO[C@@H]1O[C@H](C)C[C@@H]2[C@H]1OCN2C. The number of nitrogens with zero attached hydrogens (tertiary/aromatic N) is 1. The standard InChI is InChI=1S/C10H19NO3/c1-4-12-10-9-8(5-7(2)14-10)11(3)6-13-9/h7-10H,4-6H2,1-3H3/t7-,8-,9-,10-/m1/s1. The molecule has 0 N–H and O–H groups in total. The molecular weight excluding hydrogens is 182 g/mol. The largest absolute Gasteiger partial charge is 0.356 e. The van der Waals surface area contributed by atoms with Gasteiger partial charge in [-0.2, -0.15) is 0 Å². The Morgan fingerprint density at radius 3 is 3.00 bits per heavy atom. The Bertz CT molecular complexity index is 200. The van der Waals surface area contributed by atoms with E-state index in [2.05, 4.69) is 18.9 Å². The van der Waals surface area contributed by atoms with Crippen LogP contribution in [0.15, 0.2) is 0 Å². The first-order valence-corrected chi connectivity index (χ1v) is 5.31. The van der Waals surface area contributed by atoms with Crippen molar-refractivity contribution in [2.45, 2.75) is 44.8 Å². The summed E-state index contributed by atoms with van der Waals surface area (Å²) in [5.74, 6) is 0. The van der Waals surface area contributed by atoms with Gasteiger partial charge in [0.15, 0.2) is 6.29 Å². The highest BCUT2D eigenvalue weighted by molar-refractivity contribution is 4.90. The maximum Gasteiger partial charge on any atom is 0.185 e. The van der Waals surface area contributed by atoms with Gasteiger partial charge in [0.2, 0.25) is 0 Å². The van der Waals surface area contributed by atoms with Crippen LogP contribution >= 0.6 is 0 Å². The van der Waals surface area contributed by atoms with Crippen LogP contribution < -0.4 is 0 Å². The van der Waals surface area contributed by atoms with E-state index in [1.165, 1.54) is 0 Å². The Kier molecular flexibility index (Phi) is 3.07. The van der Waals surface area contributed by atoms with Crippen LogP contribution in [0, 0.1) is 0 Å². The first kappa shape index (κ1) is 10.4. The lowest BCUT2D eigenvalue weighted by Crippen LogP contribution is -2.50. The summed E-state index contributed by atoms with van der Waals surface area (Å²) in [6.07, 6.45) is 1.21. The molecule has 2 rings (SSSR count). The number of hydrogen-bond donors (Lipinski definition) is 0. The molecule has 0 unspecified atom stereocenters. The first-order valence-electron chi connectivity index (χ1n) is 5.31. The quantitative estimate of drug-likeness (QED) is 0.661. The average Bonchev–Trinajstić information content (AvgIpc) is 2.49. The molecule has 0 bridgehead atoms. The number of likely N-dealkylation sites (N-methyl/N-ethyl adjacent to an activating group) is 1. The van der Waals surface area contributed by atoms with E-state index in [4.69, 9.17) is 14.2 Å². The predicted octanol–water partition coefficient (Wildman–Crippen LogP) is 0.814. The Morgan fingerprint density at radius 2 is 2.29 bits per heavy atom. The molecule has 0 aliphatic carbocycles. The van der Waals surface area contributed by atoms with E-state index in [0.29, 0.717) is 19.4 Å². The summed E-state index contributed by atoms with van der Waals surface area (Å²) < 4.78 is 16.9. The molecule has 0 spiro atoms. The molecule has 2 aliphatic rings. The molecule has 0 aromatic heterocycles. The second kappa shape index (κ2) is 4.14. The fourth-order valence-corrected chi connectivity index (χ4v) is 2.24. The van der Waals surface area contributed by atoms with Gasteiger partial charge in [-0.15, -0.1) is 0 Å². The van der Waals surface area contributed by atoms with E-state index in [-0.39, 0.29) is 18.5 Å². The van der Waals surface area contributed by atoms with E-state index in [9.17, 15) is 0 Å². The van der Waals surface area contributed by atoms with E-state index in [1.54, 1.807) is 0 Å². The minimum atomic E-state index is -0.182. The van der Waals surface area contributed by atoms with Gasteiger partial charge < -0.3 is 14.2 Å². The van der Waals surface area contributed by atoms with Gasteiger partial charge in [-0.25, -0.2) is 0 Å². The van der Waals surface area contributed by atoms with Crippen LogP contribution in [0.5, 0.6) is 0 Å². The Hall–Kier alpha value is -0.160. The molecule has 0 radical (unpaired) electrons. The summed E-state index contributed by atoms with van der Waals surface area (Å²) in [6.45, 7) is 5.44. The third kappa shape index (κ3) is 1.80. The van der Waals surface area contributed by atoms with E-state index in [1.807, 2.05) is 6.92 Å². The number of ether oxygens (including phenoxy) is 3. The molecule has 0 amide bonds. The van der Waals surface area contributed by atoms with Crippen LogP contribution in [-0.2, 0) is 14.2 Å². The van der Waals surface area contributed by atoms with Crippen LogP contribution in [0.2, 0.25) is 0 Å². The third-order valence-corrected chi connectivity index (χ3v) is 2.96. The average molecular weight is 201 g/mol. The van der Waals surface area contributed by atoms with Crippen LogP contribution in [0.4, 0.5) is 0 Å². The van der Waals surface area contributed by atoms with Crippen LogP contribution in [0.3, 0.4) is 0 Å². The summed E-state index contributed by atoms with van der Waals surface area (Å²) in [7, 11) is 2.09. The molecule has 0 saturated carbocycles. The summed E-state index contributed by atoms with van der Waals surface area (Å²) in [4.78, 5) is 2.23. The molecule has 4 heteroatoms. The Balaban J connectivity index is 2.04. The Morgan fingerprint density at radius 1 is 1.50 bits per heavy atom. The first-order chi connectivity index (χ1) is 6.72. The van der Waals surface area contributed by atoms with Crippen molar-refractivity contribution < 1.29 is 14.2 Å². The molecule has 0 aromatic rings. The summed E-state index contributed by atoms with van der Waals surface area (Å²) in [6, 6.07) is 0.454. The van der Waals surface area contributed by atoms with Gasteiger partial charge in [-0.3, -0.25) is 4.90 Å². The molecule has 14 heavy (non-hydrogen) atoms. The minimum Gasteiger partial charge on any atom is -0.356 e. The number of rotatable bonds is 2. The summed E-state index contributed by atoms with van der Waals surface area (Å²) >= 11 is 0. The molecule has 2 aliphatic heterocycles. The number of hydrogen-bond acceptors (Lipinski definition) is 4. The smallest absolute Gasteiger partial charge is 0.185 e. The van der Waals surface area contributed by atoms with Crippen molar-refractivity contribution in [3.8, 4) is 0 Å². The zero-order valence-electron chi connectivity index (χ0n) is 9.10. The van der Waals surface area contributed by atoms with Gasteiger partial charge >= 0.3 is 0 Å². The highest BCUT2D eigenvalue weighted by atomic mass is 16.7. The highest BCUT2D eigenvalue weighted by Gasteiger charge is 2.44. The normalized spacial score (nSPS) is 43.9. The summed E-state index contributed by atoms with van der Waals surface area (Å²) in [5, 5.41) is 0. The fraction of sp³-hybridized carbons (Fsp3) is 1.00. The van der Waals surface area contributed by atoms with Crippen molar-refractivity contribution in [2.75, 3.05) is 20.4 Å². The van der Waals surface area contributed by atoms with Gasteiger partial charge in [-0.05, 0) is 27.3 Å². The molecular formula is C10H19NO3. The van der Waals surface area contributed by atoms with Crippen molar-refractivity contribution in [2.24, 2.45) is 0 Å². The second-order valence-corrected chi connectivity index (χ2v) is 4.09. The van der Waals surface area contributed by atoms with Crippen molar-refractivity contribution in [3.05, 3.63) is 0 Å². The van der Waals surface area contributed by atoms with Crippen molar-refractivity contribution in [1.82, 2.24) is 4.90 Å². The van der Waals surface area contributed by atoms with Crippen molar-refractivity contribution >= 4 is 0 Å². The monoisotopic (exact) mass is 201 g/mol. The second-order valence-electron chi connectivity index (χ2n) is 4.09. The third-order valence-electron chi connectivity index (χ3n) is 2.96. The lowest BCUT2D eigenvalue weighted by atomic mass is 10.0. The van der Waals surface area contributed by atoms with Gasteiger partial charge in [0.05, 0.1) is 12.8 Å². The topological polar surface area (TPSA) is 30.9 Å². The molecule has 2 saturated heterocycles. The molecule has 0 aromatic carbocycles. The van der Waals surface area contributed by atoms with Gasteiger partial charge in [-0.1, -0.05) is 0 Å². The zero-order valence-corrected chi connectivity index (χ0v) is 9.10. The molecule has 2 heterocycles. The Labute approximate surface area is 85.1 Å². The lowest BCUT2D eigenvalue weighted by Gasteiger charge is -2.37. The highest BCUT2D eigenvalue weighted by Crippen LogP contribution is 2.30. The fourth-order valence-electron chi connectivity index (χ4n) is 2.24. The van der Waals surface area contributed by atoms with E-state index in [0.717, 1.165) is 6.42 Å². The van der Waals surface area contributed by atoms with Crippen LogP contribution in [0.1, 0.15) is 20.3 Å². The molecule has 82 valence electrons. The zero-order chi connectivity index (χ0) is 10.1. The minimum absolute atomic E-state index is 0.0937. The number of fused-ring (bicyclic) bond motifs is 1.